The van der Waals surface area contributed by atoms with E-state index in [1.54, 1.807) is 26.2 Å². The summed E-state index contributed by atoms with van der Waals surface area (Å²) in [4.78, 5) is 26.1. The van der Waals surface area contributed by atoms with Gasteiger partial charge in [-0.2, -0.15) is 0 Å². The van der Waals surface area contributed by atoms with Crippen LogP contribution in [0.3, 0.4) is 0 Å². The van der Waals surface area contributed by atoms with E-state index in [0.717, 1.165) is 45.5 Å². The number of thiophene rings is 1. The van der Waals surface area contributed by atoms with E-state index in [1.165, 1.54) is 11.3 Å². The lowest BCUT2D eigenvalue weighted by atomic mass is 9.92. The summed E-state index contributed by atoms with van der Waals surface area (Å²) >= 11 is 14.0. The molecule has 212 valence electrons. The van der Waals surface area contributed by atoms with Gasteiger partial charge >= 0.3 is 12.1 Å². The molecule has 6 nitrogen and oxygen atoms in total. The molecule has 5 rings (SSSR count). The van der Waals surface area contributed by atoms with Gasteiger partial charge in [0.2, 0.25) is 0 Å². The maximum Gasteiger partial charge on any atom is 0.412 e. The molecule has 4 aromatic rings. The van der Waals surface area contributed by atoms with Crippen LogP contribution < -0.4 is 10.1 Å². The molecule has 1 heterocycles. The van der Waals surface area contributed by atoms with Crippen LogP contribution in [0.25, 0.3) is 21.6 Å². The average Bonchev–Trinajstić information content (AvgIpc) is 3.70. The van der Waals surface area contributed by atoms with Gasteiger partial charge in [0.05, 0.1) is 34.0 Å². The second-order valence-electron chi connectivity index (χ2n) is 9.78. The van der Waals surface area contributed by atoms with E-state index in [-0.39, 0.29) is 5.97 Å². The molecule has 0 radical (unpaired) electrons. The lowest BCUT2D eigenvalue weighted by Gasteiger charge is -2.17. The molecule has 0 spiro atoms. The first-order valence-electron chi connectivity index (χ1n) is 13.2. The zero-order chi connectivity index (χ0) is 29.1. The van der Waals surface area contributed by atoms with Crippen molar-refractivity contribution in [3.8, 4) is 27.3 Å². The second-order valence-corrected chi connectivity index (χ2v) is 11.9. The molecule has 1 saturated carbocycles. The first-order chi connectivity index (χ1) is 19.8. The summed E-state index contributed by atoms with van der Waals surface area (Å²) in [6, 6.07) is 22.7. The van der Waals surface area contributed by atoms with Crippen LogP contribution in [0.5, 0.6) is 5.75 Å². The van der Waals surface area contributed by atoms with Crippen LogP contribution in [0.4, 0.5) is 10.5 Å². The van der Waals surface area contributed by atoms with E-state index >= 15 is 0 Å². The third-order valence-corrected chi connectivity index (χ3v) is 8.85. The summed E-state index contributed by atoms with van der Waals surface area (Å²) in [6.07, 6.45) is 0.407. The fraction of sp³-hybridized carbons (Fsp3) is 0.250. The number of hydrogen-bond donors (Lipinski definition) is 1. The smallest absolute Gasteiger partial charge is 0.412 e. The Balaban J connectivity index is 1.34. The van der Waals surface area contributed by atoms with Crippen LogP contribution in [0.15, 0.2) is 72.8 Å². The van der Waals surface area contributed by atoms with E-state index in [0.29, 0.717) is 27.4 Å². The van der Waals surface area contributed by atoms with E-state index in [2.05, 4.69) is 5.32 Å². The maximum absolute atomic E-state index is 12.7. The van der Waals surface area contributed by atoms with Crippen LogP contribution in [-0.2, 0) is 19.7 Å². The number of amides is 1. The van der Waals surface area contributed by atoms with E-state index in [9.17, 15) is 9.59 Å². The van der Waals surface area contributed by atoms with Crippen LogP contribution in [0.2, 0.25) is 9.36 Å². The predicted octanol–water partition coefficient (Wildman–Crippen LogP) is 9.30. The minimum Gasteiger partial charge on any atom is -0.496 e. The molecule has 0 aliphatic heterocycles. The topological polar surface area (TPSA) is 73.9 Å². The normalized spacial score (nSPS) is 14.2. The number of benzene rings is 3. The predicted molar refractivity (Wildman–Crippen MR) is 164 cm³/mol. The number of hydrogen-bond acceptors (Lipinski definition) is 6. The molecule has 1 atom stereocenters. The third-order valence-electron chi connectivity index (χ3n) is 7.19. The van der Waals surface area contributed by atoms with Crippen molar-refractivity contribution in [3.05, 3.63) is 93.3 Å². The summed E-state index contributed by atoms with van der Waals surface area (Å²) < 4.78 is 17.1. The molecular formula is C32H29Cl2NO5S. The van der Waals surface area contributed by atoms with Gasteiger partial charge in [0.25, 0.3) is 0 Å². The Kier molecular flexibility index (Phi) is 8.59. The Morgan fingerprint density at radius 1 is 1.00 bits per heavy atom. The highest BCUT2D eigenvalue weighted by molar-refractivity contribution is 7.20. The summed E-state index contributed by atoms with van der Waals surface area (Å²) in [5, 5.41) is 3.35. The van der Waals surface area contributed by atoms with Crippen molar-refractivity contribution >= 4 is 52.3 Å². The molecular weight excluding hydrogens is 581 g/mol. The number of carbonyl (C=O) groups is 2. The van der Waals surface area contributed by atoms with Crippen LogP contribution in [0.1, 0.15) is 43.9 Å². The molecule has 3 aromatic carbocycles. The van der Waals surface area contributed by atoms with Gasteiger partial charge in [0.15, 0.2) is 0 Å². The SMILES string of the molecule is CCOC(=O)C1(c2ccc(-c3ccc(-c4sc(Cl)cc4NC(=O)O[C@H](C)c4ccccc4Cl)cc3)c(OC)c2)CC1. The number of carbonyl (C=O) groups excluding carboxylic acids is 2. The van der Waals surface area contributed by atoms with Crippen LogP contribution >= 0.6 is 34.5 Å². The minimum atomic E-state index is -0.606. The summed E-state index contributed by atoms with van der Waals surface area (Å²) in [5.41, 5.74) is 4.35. The Labute approximate surface area is 253 Å². The molecule has 0 bridgehead atoms. The Morgan fingerprint density at radius 3 is 2.37 bits per heavy atom. The lowest BCUT2D eigenvalue weighted by Crippen LogP contribution is -2.23. The van der Waals surface area contributed by atoms with Crippen molar-refractivity contribution in [2.75, 3.05) is 19.0 Å². The van der Waals surface area contributed by atoms with Crippen molar-refractivity contribution in [2.24, 2.45) is 0 Å². The molecule has 1 aromatic heterocycles. The molecule has 0 saturated heterocycles. The molecule has 1 amide bonds. The van der Waals surface area contributed by atoms with Gasteiger partial charge in [-0.05, 0) is 61.6 Å². The quantitative estimate of drug-likeness (QED) is 0.191. The van der Waals surface area contributed by atoms with Crippen LogP contribution in [-0.4, -0.2) is 25.8 Å². The second kappa shape index (κ2) is 12.1. The largest absolute Gasteiger partial charge is 0.496 e. The zero-order valence-corrected chi connectivity index (χ0v) is 25.2. The number of halogens is 2. The zero-order valence-electron chi connectivity index (χ0n) is 22.8. The van der Waals surface area contributed by atoms with Crippen molar-refractivity contribution < 1.29 is 23.8 Å². The molecule has 41 heavy (non-hydrogen) atoms. The molecule has 1 N–H and O–H groups in total. The van der Waals surface area contributed by atoms with Crippen molar-refractivity contribution in [1.29, 1.82) is 0 Å². The maximum atomic E-state index is 12.7. The Morgan fingerprint density at radius 2 is 1.71 bits per heavy atom. The molecule has 1 aliphatic rings. The molecule has 9 heteroatoms. The number of nitrogens with one attached hydrogen (secondary N) is 1. The fourth-order valence-electron chi connectivity index (χ4n) is 4.87. The van der Waals surface area contributed by atoms with E-state index < -0.39 is 17.6 Å². The lowest BCUT2D eigenvalue weighted by molar-refractivity contribution is -0.146. The summed E-state index contributed by atoms with van der Waals surface area (Å²) in [5.74, 6) is 0.503. The Bertz CT molecular complexity index is 1580. The van der Waals surface area contributed by atoms with Gasteiger partial charge in [-0.1, -0.05) is 77.8 Å². The fourth-order valence-corrected chi connectivity index (χ4v) is 6.35. The van der Waals surface area contributed by atoms with Crippen molar-refractivity contribution in [1.82, 2.24) is 0 Å². The third kappa shape index (κ3) is 6.08. The average molecular weight is 611 g/mol. The number of methoxy groups -OCH3 is 1. The Hall–Kier alpha value is -3.52. The number of rotatable bonds is 9. The number of ether oxygens (including phenoxy) is 3. The van der Waals surface area contributed by atoms with Gasteiger partial charge in [0.1, 0.15) is 11.9 Å². The highest BCUT2D eigenvalue weighted by Gasteiger charge is 2.53. The highest BCUT2D eigenvalue weighted by atomic mass is 35.5. The van der Waals surface area contributed by atoms with E-state index in [4.69, 9.17) is 37.4 Å². The first-order valence-corrected chi connectivity index (χ1v) is 14.8. The summed E-state index contributed by atoms with van der Waals surface area (Å²) in [7, 11) is 1.62. The van der Waals surface area contributed by atoms with Crippen molar-refractivity contribution in [2.45, 2.75) is 38.2 Å². The minimum absolute atomic E-state index is 0.180. The van der Waals surface area contributed by atoms with E-state index in [1.807, 2.05) is 67.6 Å². The van der Waals surface area contributed by atoms with Crippen LogP contribution in [0, 0.1) is 0 Å². The molecule has 1 fully saturated rings. The first kappa shape index (κ1) is 29.0. The standard InChI is InChI=1S/C32H29Cl2NO5S/c1-4-39-30(36)32(15-16-32)22-13-14-24(27(17-22)38-3)20-9-11-21(12-10-20)29-26(18-28(34)41-29)35-31(37)40-19(2)23-7-5-6-8-25(23)33/h5-14,17-19H,4,15-16H2,1-3H3,(H,35,37)/t19-/m1/s1. The molecule has 0 unspecified atom stereocenters. The van der Waals surface area contributed by atoms with Gasteiger partial charge < -0.3 is 14.2 Å². The number of anilines is 1. The van der Waals surface area contributed by atoms with Gasteiger partial charge in [-0.15, -0.1) is 11.3 Å². The molecule has 1 aliphatic carbocycles. The van der Waals surface area contributed by atoms with Gasteiger partial charge in [-0.25, -0.2) is 4.79 Å². The van der Waals surface area contributed by atoms with Gasteiger partial charge in [0, 0.05) is 16.1 Å². The van der Waals surface area contributed by atoms with Gasteiger partial charge in [-0.3, -0.25) is 10.1 Å². The summed E-state index contributed by atoms with van der Waals surface area (Å²) in [6.45, 7) is 3.94. The van der Waals surface area contributed by atoms with Crippen molar-refractivity contribution in [3.63, 3.8) is 0 Å². The monoisotopic (exact) mass is 609 g/mol. The highest BCUT2D eigenvalue weighted by Crippen LogP contribution is 2.51. The number of esters is 1.